The molecule has 0 aromatic carbocycles. The van der Waals surface area contributed by atoms with Gasteiger partial charge in [-0.2, -0.15) is 0 Å². The van der Waals surface area contributed by atoms with Crippen molar-refractivity contribution in [2.75, 3.05) is 5.32 Å². The zero-order valence-corrected chi connectivity index (χ0v) is 11.0. The molecule has 1 aromatic heterocycles. The highest BCUT2D eigenvalue weighted by Gasteiger charge is 2.18. The van der Waals surface area contributed by atoms with Gasteiger partial charge in [0.25, 0.3) is 0 Å². The van der Waals surface area contributed by atoms with Gasteiger partial charge < -0.3 is 5.32 Å². The Balaban J connectivity index is 1.96. The zero-order valence-electron chi connectivity index (χ0n) is 8.82. The maximum atomic E-state index is 11.9. The molecular formula is C12H13IN2O. The fourth-order valence-electron chi connectivity index (χ4n) is 1.71. The van der Waals surface area contributed by atoms with Crippen LogP contribution in [0, 0.1) is 9.49 Å². The van der Waals surface area contributed by atoms with Crippen LogP contribution in [0.1, 0.15) is 19.3 Å². The summed E-state index contributed by atoms with van der Waals surface area (Å²) in [4.78, 5) is 16.0. The molecule has 0 saturated heterocycles. The van der Waals surface area contributed by atoms with E-state index in [0.717, 1.165) is 22.8 Å². The molecule has 0 aliphatic heterocycles. The largest absolute Gasteiger partial charge is 0.310 e. The molecule has 1 N–H and O–H groups in total. The number of hydrogen-bond acceptors (Lipinski definition) is 2. The van der Waals surface area contributed by atoms with Crippen molar-refractivity contribution in [1.82, 2.24) is 4.98 Å². The summed E-state index contributed by atoms with van der Waals surface area (Å²) in [5.74, 6) is 0.823. The fourth-order valence-corrected chi connectivity index (χ4v) is 2.03. The summed E-state index contributed by atoms with van der Waals surface area (Å²) < 4.78 is 1.07. The summed E-state index contributed by atoms with van der Waals surface area (Å²) in [5.41, 5.74) is 0. The lowest BCUT2D eigenvalue weighted by Crippen LogP contribution is -2.23. The summed E-state index contributed by atoms with van der Waals surface area (Å²) in [7, 11) is 0. The predicted octanol–water partition coefficient (Wildman–Crippen LogP) is 2.98. The zero-order chi connectivity index (χ0) is 11.4. The number of pyridine rings is 1. The number of nitrogens with zero attached hydrogens (tertiary/aromatic N) is 1. The van der Waals surface area contributed by atoms with Crippen molar-refractivity contribution in [2.45, 2.75) is 19.3 Å². The van der Waals surface area contributed by atoms with Crippen molar-refractivity contribution < 1.29 is 4.79 Å². The van der Waals surface area contributed by atoms with Crippen molar-refractivity contribution >= 4 is 34.3 Å². The van der Waals surface area contributed by atoms with Crippen molar-refractivity contribution in [2.24, 2.45) is 5.92 Å². The number of aromatic nitrogens is 1. The van der Waals surface area contributed by atoms with E-state index in [2.05, 4.69) is 45.0 Å². The van der Waals surface area contributed by atoms with Crippen molar-refractivity contribution in [3.63, 3.8) is 0 Å². The second kappa shape index (κ2) is 5.43. The highest BCUT2D eigenvalue weighted by molar-refractivity contribution is 14.1. The van der Waals surface area contributed by atoms with Gasteiger partial charge >= 0.3 is 0 Å². The summed E-state index contributed by atoms with van der Waals surface area (Å²) in [6.07, 6.45) is 8.74. The average Bonchev–Trinajstić information content (AvgIpc) is 2.33. The molecule has 1 aliphatic carbocycles. The SMILES string of the molecule is O=C(Nc1ccc(I)cn1)C1CC=CCC1. The molecule has 16 heavy (non-hydrogen) atoms. The molecule has 1 aromatic rings. The molecular weight excluding hydrogens is 315 g/mol. The van der Waals surface area contributed by atoms with Gasteiger partial charge in [-0.1, -0.05) is 12.2 Å². The van der Waals surface area contributed by atoms with Gasteiger partial charge in [0.05, 0.1) is 0 Å². The van der Waals surface area contributed by atoms with Gasteiger partial charge in [-0.3, -0.25) is 4.79 Å². The van der Waals surface area contributed by atoms with Gasteiger partial charge in [-0.15, -0.1) is 0 Å². The highest BCUT2D eigenvalue weighted by Crippen LogP contribution is 2.19. The van der Waals surface area contributed by atoms with Gasteiger partial charge in [-0.05, 0) is 54.0 Å². The lowest BCUT2D eigenvalue weighted by atomic mass is 9.94. The number of amides is 1. The lowest BCUT2D eigenvalue weighted by Gasteiger charge is -2.16. The predicted molar refractivity (Wildman–Crippen MR) is 72.1 cm³/mol. The number of carbonyl (C=O) groups is 1. The number of nitrogens with one attached hydrogen (secondary N) is 1. The van der Waals surface area contributed by atoms with E-state index >= 15 is 0 Å². The first-order valence-electron chi connectivity index (χ1n) is 5.33. The summed E-state index contributed by atoms with van der Waals surface area (Å²) in [6.45, 7) is 0. The normalized spacial score (nSPS) is 19.4. The van der Waals surface area contributed by atoms with E-state index in [9.17, 15) is 4.79 Å². The van der Waals surface area contributed by atoms with Crippen LogP contribution in [0.15, 0.2) is 30.5 Å². The molecule has 1 amide bonds. The molecule has 84 valence electrons. The molecule has 0 bridgehead atoms. The third-order valence-electron chi connectivity index (χ3n) is 2.62. The van der Waals surface area contributed by atoms with Crippen LogP contribution in [0.2, 0.25) is 0 Å². The van der Waals surface area contributed by atoms with Gasteiger partial charge in [0.1, 0.15) is 5.82 Å². The second-order valence-electron chi connectivity index (χ2n) is 3.83. The lowest BCUT2D eigenvalue weighted by molar-refractivity contribution is -0.120. The fraction of sp³-hybridized carbons (Fsp3) is 0.333. The Morgan fingerprint density at radius 3 is 2.94 bits per heavy atom. The van der Waals surface area contributed by atoms with Crippen molar-refractivity contribution in [3.05, 3.63) is 34.1 Å². The molecule has 0 radical (unpaired) electrons. The number of carbonyl (C=O) groups excluding carboxylic acids is 1. The Bertz CT molecular complexity index is 400. The van der Waals surface area contributed by atoms with Gasteiger partial charge in [0, 0.05) is 15.7 Å². The van der Waals surface area contributed by atoms with E-state index in [1.54, 1.807) is 6.20 Å². The van der Waals surface area contributed by atoms with E-state index in [0.29, 0.717) is 5.82 Å². The third-order valence-corrected chi connectivity index (χ3v) is 3.26. The van der Waals surface area contributed by atoms with Gasteiger partial charge in [0.15, 0.2) is 0 Å². The molecule has 1 unspecified atom stereocenters. The van der Waals surface area contributed by atoms with E-state index in [1.165, 1.54) is 0 Å². The summed E-state index contributed by atoms with van der Waals surface area (Å²) in [5, 5.41) is 2.85. The van der Waals surface area contributed by atoms with Gasteiger partial charge in [0.2, 0.25) is 5.91 Å². The molecule has 3 nitrogen and oxygen atoms in total. The van der Waals surface area contributed by atoms with Crippen LogP contribution in [-0.4, -0.2) is 10.9 Å². The molecule has 0 saturated carbocycles. The minimum absolute atomic E-state index is 0.0815. The Kier molecular flexibility index (Phi) is 3.93. The molecule has 2 rings (SSSR count). The number of halogens is 1. The molecule has 0 fully saturated rings. The highest BCUT2D eigenvalue weighted by atomic mass is 127. The topological polar surface area (TPSA) is 42.0 Å². The first-order chi connectivity index (χ1) is 7.75. The smallest absolute Gasteiger partial charge is 0.228 e. The standard InChI is InChI=1S/C12H13IN2O/c13-10-6-7-11(14-8-10)15-12(16)9-4-2-1-3-5-9/h1-2,6-9H,3-5H2,(H,14,15,16). The van der Waals surface area contributed by atoms with Crippen LogP contribution < -0.4 is 5.32 Å². The van der Waals surface area contributed by atoms with E-state index in [4.69, 9.17) is 0 Å². The maximum Gasteiger partial charge on any atom is 0.228 e. The molecule has 4 heteroatoms. The average molecular weight is 328 g/mol. The Hall–Kier alpha value is -0.910. The number of rotatable bonds is 2. The van der Waals surface area contributed by atoms with Crippen LogP contribution in [0.5, 0.6) is 0 Å². The van der Waals surface area contributed by atoms with Crippen LogP contribution in [0.3, 0.4) is 0 Å². The Labute approximate surface area is 108 Å². The van der Waals surface area contributed by atoms with Gasteiger partial charge in [-0.25, -0.2) is 4.98 Å². The molecule has 0 spiro atoms. The van der Waals surface area contributed by atoms with Crippen molar-refractivity contribution in [1.29, 1.82) is 0 Å². The molecule has 1 atom stereocenters. The minimum atomic E-state index is 0.0815. The van der Waals surface area contributed by atoms with E-state index in [1.807, 2.05) is 12.1 Å². The number of hydrogen-bond donors (Lipinski definition) is 1. The van der Waals surface area contributed by atoms with E-state index in [-0.39, 0.29) is 11.8 Å². The maximum absolute atomic E-state index is 11.9. The summed E-state index contributed by atoms with van der Waals surface area (Å²) >= 11 is 2.19. The molecule has 1 aliphatic rings. The van der Waals surface area contributed by atoms with Crippen molar-refractivity contribution in [3.8, 4) is 0 Å². The monoisotopic (exact) mass is 328 g/mol. The quantitative estimate of drug-likeness (QED) is 0.670. The van der Waals surface area contributed by atoms with Crippen LogP contribution in [-0.2, 0) is 4.79 Å². The first kappa shape index (κ1) is 11.6. The number of allylic oxidation sites excluding steroid dienone is 2. The van der Waals surface area contributed by atoms with Crippen LogP contribution >= 0.6 is 22.6 Å². The number of anilines is 1. The van der Waals surface area contributed by atoms with Crippen LogP contribution in [0.25, 0.3) is 0 Å². The minimum Gasteiger partial charge on any atom is -0.310 e. The van der Waals surface area contributed by atoms with E-state index < -0.39 is 0 Å². The Morgan fingerprint density at radius 1 is 1.44 bits per heavy atom. The second-order valence-corrected chi connectivity index (χ2v) is 5.08. The Morgan fingerprint density at radius 2 is 2.31 bits per heavy atom. The third kappa shape index (κ3) is 3.04. The van der Waals surface area contributed by atoms with Crippen LogP contribution in [0.4, 0.5) is 5.82 Å². The summed E-state index contributed by atoms with van der Waals surface area (Å²) in [6, 6.07) is 3.77. The first-order valence-corrected chi connectivity index (χ1v) is 6.41. The molecule has 1 heterocycles.